The van der Waals surface area contributed by atoms with Crippen molar-refractivity contribution in [2.75, 3.05) is 18.5 Å². The summed E-state index contributed by atoms with van der Waals surface area (Å²) >= 11 is 0. The molecule has 0 aliphatic carbocycles. The molecule has 0 spiro atoms. The van der Waals surface area contributed by atoms with Gasteiger partial charge in [-0.25, -0.2) is 18.1 Å². The zero-order valence-electron chi connectivity index (χ0n) is 23.8. The quantitative estimate of drug-likeness (QED) is 0.233. The predicted molar refractivity (Wildman–Crippen MR) is 163 cm³/mol. The fourth-order valence-electron chi connectivity index (χ4n) is 5.36. The maximum atomic E-state index is 12.9. The molecule has 1 aliphatic heterocycles. The number of pyridine rings is 2. The highest BCUT2D eigenvalue weighted by Crippen LogP contribution is 2.34. The topological polar surface area (TPSA) is 131 Å². The molecule has 0 amide bonds. The highest BCUT2D eigenvalue weighted by Gasteiger charge is 2.22. The van der Waals surface area contributed by atoms with Crippen molar-refractivity contribution in [3.8, 4) is 11.3 Å². The van der Waals surface area contributed by atoms with Gasteiger partial charge >= 0.3 is 0 Å². The number of rotatable bonds is 8. The molecule has 0 atom stereocenters. The van der Waals surface area contributed by atoms with E-state index >= 15 is 0 Å². The summed E-state index contributed by atoms with van der Waals surface area (Å²) in [5.41, 5.74) is 3.65. The van der Waals surface area contributed by atoms with E-state index in [1.165, 1.54) is 0 Å². The first-order valence-electron chi connectivity index (χ1n) is 14.0. The molecule has 10 nitrogen and oxygen atoms in total. The van der Waals surface area contributed by atoms with Crippen LogP contribution in [-0.4, -0.2) is 58.1 Å². The van der Waals surface area contributed by atoms with Crippen LogP contribution in [-0.2, 0) is 21.3 Å². The fraction of sp³-hybridized carbons (Fsp3) is 0.323. The Kier molecular flexibility index (Phi) is 7.44. The molecule has 0 unspecified atom stereocenters. The van der Waals surface area contributed by atoms with E-state index in [1.54, 1.807) is 50.5 Å². The van der Waals surface area contributed by atoms with E-state index in [0.29, 0.717) is 44.1 Å². The zero-order valence-corrected chi connectivity index (χ0v) is 24.6. The Morgan fingerprint density at radius 1 is 1.02 bits per heavy atom. The summed E-state index contributed by atoms with van der Waals surface area (Å²) in [6.45, 7) is 7.11. The van der Waals surface area contributed by atoms with E-state index in [0.717, 1.165) is 38.5 Å². The molecule has 3 N–H and O–H groups in total. The first-order valence-corrected chi connectivity index (χ1v) is 15.5. The van der Waals surface area contributed by atoms with E-state index in [4.69, 9.17) is 9.72 Å². The van der Waals surface area contributed by atoms with Gasteiger partial charge in [-0.2, -0.15) is 5.10 Å². The summed E-state index contributed by atoms with van der Waals surface area (Å²) in [5.74, 6) is 0.615. The molecule has 6 rings (SSSR count). The first kappa shape index (κ1) is 28.2. The third-order valence-corrected chi connectivity index (χ3v) is 9.05. The number of aromatic nitrogens is 4. The normalized spacial score (nSPS) is 15.0. The van der Waals surface area contributed by atoms with Crippen molar-refractivity contribution in [3.63, 3.8) is 0 Å². The minimum Gasteiger partial charge on any atom is -0.389 e. The van der Waals surface area contributed by atoms with Crippen LogP contribution in [0.4, 0.5) is 11.5 Å². The van der Waals surface area contributed by atoms with Crippen LogP contribution in [0.1, 0.15) is 32.3 Å². The summed E-state index contributed by atoms with van der Waals surface area (Å²) in [6.07, 6.45) is 6.75. The van der Waals surface area contributed by atoms with Gasteiger partial charge in [-0.1, -0.05) is 6.07 Å². The molecule has 218 valence electrons. The largest absolute Gasteiger partial charge is 0.389 e. The molecule has 4 heterocycles. The summed E-state index contributed by atoms with van der Waals surface area (Å²) in [4.78, 5) is 9.54. The number of ether oxygens (including phenoxy) is 1. The number of sulfonamides is 1. The second-order valence-corrected chi connectivity index (χ2v) is 13.1. The number of nitrogens with zero attached hydrogens (tertiary/aromatic N) is 4. The van der Waals surface area contributed by atoms with Crippen molar-refractivity contribution in [2.24, 2.45) is 0 Å². The summed E-state index contributed by atoms with van der Waals surface area (Å²) in [6, 6.07) is 14.5. The van der Waals surface area contributed by atoms with E-state index in [1.807, 2.05) is 35.1 Å². The van der Waals surface area contributed by atoms with Gasteiger partial charge < -0.3 is 15.2 Å². The lowest BCUT2D eigenvalue weighted by atomic mass is 9.98. The van der Waals surface area contributed by atoms with Crippen LogP contribution in [0, 0.1) is 6.92 Å². The third kappa shape index (κ3) is 5.86. The van der Waals surface area contributed by atoms with Crippen molar-refractivity contribution < 1.29 is 18.3 Å². The Bertz CT molecular complexity index is 1860. The first-order chi connectivity index (χ1) is 20.1. The Balaban J connectivity index is 1.27. The van der Waals surface area contributed by atoms with Crippen LogP contribution in [0.5, 0.6) is 0 Å². The second kappa shape index (κ2) is 11.1. The van der Waals surface area contributed by atoms with Crippen molar-refractivity contribution >= 4 is 43.2 Å². The molecule has 2 aromatic carbocycles. The summed E-state index contributed by atoms with van der Waals surface area (Å²) in [7, 11) is -3.62. The van der Waals surface area contributed by atoms with Crippen molar-refractivity contribution in [1.29, 1.82) is 0 Å². The summed E-state index contributed by atoms with van der Waals surface area (Å²) in [5, 5.41) is 21.0. The number of aryl methyl sites for hydroxylation is 1. The van der Waals surface area contributed by atoms with Gasteiger partial charge in [0.1, 0.15) is 5.82 Å². The number of nitrogens with one attached hydrogen (secondary N) is 2. The van der Waals surface area contributed by atoms with Crippen LogP contribution in [0.3, 0.4) is 0 Å². The number of anilines is 2. The molecular weight excluding hydrogens is 552 g/mol. The fourth-order valence-corrected chi connectivity index (χ4v) is 6.66. The maximum Gasteiger partial charge on any atom is 0.240 e. The van der Waals surface area contributed by atoms with Crippen molar-refractivity contribution in [1.82, 2.24) is 24.5 Å². The standard InChI is InChI=1S/C31H34N6O4S/c1-20-25(8-9-28-27(20)18-34-37(28)19-31(2,3)38)30-26-16-29(33-17-21(26)10-13-32-30)35-22-4-6-24(7-5-22)42(39,40)36-23-11-14-41-15-12-23/h4-10,13,16-18,23,36,38H,11-12,14-15,19H2,1-3H3,(H,33,35). The van der Waals surface area contributed by atoms with Gasteiger partial charge in [0.2, 0.25) is 10.0 Å². The average molecular weight is 587 g/mol. The molecular formula is C31H34N6O4S. The SMILES string of the molecule is Cc1c(-c2nccc3cnc(Nc4ccc(S(=O)(=O)NC5CCOCC5)cc4)cc23)ccc2c1cnn2CC(C)(C)O. The third-order valence-electron chi connectivity index (χ3n) is 7.52. The molecule has 5 aromatic rings. The molecule has 0 radical (unpaired) electrons. The van der Waals surface area contributed by atoms with Gasteiger partial charge in [0.25, 0.3) is 0 Å². The molecule has 1 saturated heterocycles. The number of benzene rings is 2. The Hall–Kier alpha value is -3.90. The summed E-state index contributed by atoms with van der Waals surface area (Å²) < 4.78 is 35.6. The van der Waals surface area contributed by atoms with Crippen molar-refractivity contribution in [2.45, 2.75) is 56.7 Å². The number of aliphatic hydroxyl groups is 1. The van der Waals surface area contributed by atoms with Crippen LogP contribution < -0.4 is 10.0 Å². The predicted octanol–water partition coefficient (Wildman–Crippen LogP) is 4.93. The lowest BCUT2D eigenvalue weighted by Crippen LogP contribution is -2.38. The van der Waals surface area contributed by atoms with Gasteiger partial charge in [0.05, 0.1) is 34.4 Å². The smallest absolute Gasteiger partial charge is 0.240 e. The van der Waals surface area contributed by atoms with Gasteiger partial charge in [-0.3, -0.25) is 9.67 Å². The number of fused-ring (bicyclic) bond motifs is 2. The van der Waals surface area contributed by atoms with Gasteiger partial charge in [-0.15, -0.1) is 0 Å². The Morgan fingerprint density at radius 2 is 1.79 bits per heavy atom. The van der Waals surface area contributed by atoms with Gasteiger partial charge in [0, 0.05) is 59.1 Å². The molecule has 42 heavy (non-hydrogen) atoms. The lowest BCUT2D eigenvalue weighted by molar-refractivity contribution is 0.0591. The molecule has 11 heteroatoms. The molecule has 0 saturated carbocycles. The Morgan fingerprint density at radius 3 is 2.52 bits per heavy atom. The molecule has 0 bridgehead atoms. The van der Waals surface area contributed by atoms with Crippen LogP contribution >= 0.6 is 0 Å². The van der Waals surface area contributed by atoms with Gasteiger partial charge in [-0.05, 0) is 81.6 Å². The van der Waals surface area contributed by atoms with E-state index in [-0.39, 0.29) is 10.9 Å². The monoisotopic (exact) mass is 586 g/mol. The zero-order chi connectivity index (χ0) is 29.5. The highest BCUT2D eigenvalue weighted by atomic mass is 32.2. The minimum absolute atomic E-state index is 0.112. The molecule has 1 fully saturated rings. The maximum absolute atomic E-state index is 12.9. The highest BCUT2D eigenvalue weighted by molar-refractivity contribution is 7.89. The van der Waals surface area contributed by atoms with Gasteiger partial charge in [0.15, 0.2) is 0 Å². The second-order valence-electron chi connectivity index (χ2n) is 11.4. The van der Waals surface area contributed by atoms with Crippen molar-refractivity contribution in [3.05, 3.63) is 72.7 Å². The van der Waals surface area contributed by atoms with Crippen LogP contribution in [0.15, 0.2) is 72.0 Å². The van der Waals surface area contributed by atoms with E-state index in [9.17, 15) is 13.5 Å². The average Bonchev–Trinajstić information content (AvgIpc) is 3.35. The van der Waals surface area contributed by atoms with Crippen LogP contribution in [0.25, 0.3) is 32.9 Å². The minimum atomic E-state index is -3.62. The van der Waals surface area contributed by atoms with E-state index in [2.05, 4.69) is 27.0 Å². The van der Waals surface area contributed by atoms with E-state index < -0.39 is 15.6 Å². The number of hydrogen-bond donors (Lipinski definition) is 3. The molecule has 1 aliphatic rings. The van der Waals surface area contributed by atoms with Crippen LogP contribution in [0.2, 0.25) is 0 Å². The molecule has 3 aromatic heterocycles. The number of hydrogen-bond acceptors (Lipinski definition) is 8. The lowest BCUT2D eigenvalue weighted by Gasteiger charge is -2.23. The Labute approximate surface area is 244 Å².